The first-order valence-electron chi connectivity index (χ1n) is 6.83. The van der Waals surface area contributed by atoms with Crippen molar-refractivity contribution in [2.45, 2.75) is 39.7 Å². The molecule has 0 saturated carbocycles. The molecular formula is C16H25NO4. The number of amides is 1. The van der Waals surface area contributed by atoms with Crippen LogP contribution >= 0.6 is 0 Å². The molecular weight excluding hydrogens is 270 g/mol. The Morgan fingerprint density at radius 3 is 2.10 bits per heavy atom. The molecule has 1 unspecified atom stereocenters. The van der Waals surface area contributed by atoms with E-state index in [9.17, 15) is 9.59 Å². The number of ether oxygens (including phenoxy) is 1. The van der Waals surface area contributed by atoms with Gasteiger partial charge in [-0.05, 0) is 32.8 Å². The van der Waals surface area contributed by atoms with Gasteiger partial charge in [-0.25, -0.2) is 4.79 Å². The van der Waals surface area contributed by atoms with Gasteiger partial charge < -0.3 is 15.2 Å². The van der Waals surface area contributed by atoms with Crippen molar-refractivity contribution < 1.29 is 19.4 Å². The second-order valence-corrected chi connectivity index (χ2v) is 5.68. The number of carbonyl (C=O) groups excluding carboxylic acids is 1. The highest BCUT2D eigenvalue weighted by molar-refractivity contribution is 5.69. The first-order valence-corrected chi connectivity index (χ1v) is 6.83. The van der Waals surface area contributed by atoms with Crippen LogP contribution in [0.4, 0.5) is 4.79 Å². The lowest BCUT2D eigenvalue weighted by Crippen LogP contribution is -2.30. The molecule has 0 aliphatic rings. The van der Waals surface area contributed by atoms with Crippen LogP contribution in [-0.4, -0.2) is 29.8 Å². The number of rotatable bonds is 3. The van der Waals surface area contributed by atoms with Gasteiger partial charge in [0.15, 0.2) is 0 Å². The molecule has 1 rings (SSSR count). The summed E-state index contributed by atoms with van der Waals surface area (Å²) in [6.07, 6.45) is 0.221. The summed E-state index contributed by atoms with van der Waals surface area (Å²) < 4.78 is 4.84. The molecule has 0 saturated heterocycles. The van der Waals surface area contributed by atoms with Crippen LogP contribution in [-0.2, 0) is 16.0 Å². The van der Waals surface area contributed by atoms with Gasteiger partial charge in [-0.15, -0.1) is 0 Å². The molecule has 1 atom stereocenters. The Bertz CT molecular complexity index is 437. The maximum Gasteiger partial charge on any atom is 0.407 e. The van der Waals surface area contributed by atoms with Crippen LogP contribution in [0.3, 0.4) is 0 Å². The van der Waals surface area contributed by atoms with E-state index in [1.165, 1.54) is 7.05 Å². The van der Waals surface area contributed by atoms with Crippen LogP contribution in [0.15, 0.2) is 30.3 Å². The Kier molecular flexibility index (Phi) is 8.12. The molecule has 0 radical (unpaired) electrons. The van der Waals surface area contributed by atoms with Crippen LogP contribution in [0, 0.1) is 5.92 Å². The highest BCUT2D eigenvalue weighted by atomic mass is 16.6. The first-order chi connectivity index (χ1) is 9.65. The number of aliphatic carboxylic acids is 1. The van der Waals surface area contributed by atoms with E-state index in [-0.39, 0.29) is 17.6 Å². The Hall–Kier alpha value is -2.04. The SMILES string of the molecule is CC(Cc1ccccc1)C(=O)O.CNC(=O)OC(C)(C)C. The van der Waals surface area contributed by atoms with E-state index in [2.05, 4.69) is 5.32 Å². The third-order valence-electron chi connectivity index (χ3n) is 2.41. The van der Waals surface area contributed by atoms with Crippen molar-refractivity contribution >= 4 is 12.1 Å². The third kappa shape index (κ3) is 10.4. The minimum Gasteiger partial charge on any atom is -0.481 e. The normalized spacial score (nSPS) is 11.7. The Morgan fingerprint density at radius 1 is 1.24 bits per heavy atom. The van der Waals surface area contributed by atoms with Crippen LogP contribution in [0.1, 0.15) is 33.3 Å². The summed E-state index contributed by atoms with van der Waals surface area (Å²) in [5, 5.41) is 11.0. The predicted octanol–water partition coefficient (Wildman–Crippen LogP) is 3.09. The number of benzene rings is 1. The van der Waals surface area contributed by atoms with Crippen LogP contribution < -0.4 is 5.32 Å². The minimum absolute atomic E-state index is 0.299. The molecule has 5 nitrogen and oxygen atoms in total. The molecule has 2 N–H and O–H groups in total. The molecule has 0 aliphatic carbocycles. The van der Waals surface area contributed by atoms with E-state index >= 15 is 0 Å². The topological polar surface area (TPSA) is 75.6 Å². The zero-order valence-corrected chi connectivity index (χ0v) is 13.3. The molecule has 0 fully saturated rings. The largest absolute Gasteiger partial charge is 0.481 e. The van der Waals surface area contributed by atoms with Crippen molar-refractivity contribution in [3.05, 3.63) is 35.9 Å². The van der Waals surface area contributed by atoms with Crippen LogP contribution in [0.25, 0.3) is 0 Å². The van der Waals surface area contributed by atoms with Gasteiger partial charge in [0.25, 0.3) is 0 Å². The van der Waals surface area contributed by atoms with Gasteiger partial charge in [-0.2, -0.15) is 0 Å². The molecule has 1 aromatic rings. The summed E-state index contributed by atoms with van der Waals surface area (Å²) in [7, 11) is 1.54. The van der Waals surface area contributed by atoms with Crippen molar-refractivity contribution in [3.8, 4) is 0 Å². The second kappa shape index (κ2) is 9.00. The van der Waals surface area contributed by atoms with E-state index < -0.39 is 5.97 Å². The molecule has 1 aromatic carbocycles. The summed E-state index contributed by atoms with van der Waals surface area (Å²) in [5.74, 6) is -1.04. The average molecular weight is 295 g/mol. The fourth-order valence-electron chi connectivity index (χ4n) is 1.38. The Balaban J connectivity index is 0.000000400. The molecule has 0 heterocycles. The number of alkyl carbamates (subject to hydrolysis) is 1. The van der Waals surface area contributed by atoms with Crippen LogP contribution in [0.2, 0.25) is 0 Å². The zero-order valence-electron chi connectivity index (χ0n) is 13.3. The monoisotopic (exact) mass is 295 g/mol. The lowest BCUT2D eigenvalue weighted by atomic mass is 10.0. The lowest BCUT2D eigenvalue weighted by Gasteiger charge is -2.18. The highest BCUT2D eigenvalue weighted by Gasteiger charge is 2.14. The molecule has 0 aromatic heterocycles. The molecule has 1 amide bonds. The van der Waals surface area contributed by atoms with Gasteiger partial charge in [-0.1, -0.05) is 37.3 Å². The predicted molar refractivity (Wildman–Crippen MR) is 82.2 cm³/mol. The first kappa shape index (κ1) is 19.0. The van der Waals surface area contributed by atoms with Crippen molar-refractivity contribution in [3.63, 3.8) is 0 Å². The summed E-state index contributed by atoms with van der Waals surface area (Å²) >= 11 is 0. The maximum atomic E-state index is 10.5. The highest BCUT2D eigenvalue weighted by Crippen LogP contribution is 2.07. The molecule has 0 aliphatic heterocycles. The number of carbonyl (C=O) groups is 2. The lowest BCUT2D eigenvalue weighted by molar-refractivity contribution is -0.141. The van der Waals surface area contributed by atoms with Crippen molar-refractivity contribution in [2.24, 2.45) is 5.92 Å². The Labute approximate surface area is 126 Å². The van der Waals surface area contributed by atoms with Gasteiger partial charge in [-0.3, -0.25) is 4.79 Å². The summed E-state index contributed by atoms with van der Waals surface area (Å²) in [6.45, 7) is 7.18. The van der Waals surface area contributed by atoms with E-state index in [0.717, 1.165) is 5.56 Å². The molecule has 21 heavy (non-hydrogen) atoms. The number of carboxylic acids is 1. The summed E-state index contributed by atoms with van der Waals surface area (Å²) in [5.41, 5.74) is 0.688. The van der Waals surface area contributed by atoms with E-state index in [0.29, 0.717) is 6.42 Å². The summed E-state index contributed by atoms with van der Waals surface area (Å²) in [4.78, 5) is 21.0. The fourth-order valence-corrected chi connectivity index (χ4v) is 1.38. The van der Waals surface area contributed by atoms with Gasteiger partial charge >= 0.3 is 12.1 Å². The zero-order chi connectivity index (χ0) is 16.5. The molecule has 0 bridgehead atoms. The van der Waals surface area contributed by atoms with Crippen molar-refractivity contribution in [1.82, 2.24) is 5.32 Å². The summed E-state index contributed by atoms with van der Waals surface area (Å²) in [6, 6.07) is 9.65. The number of carboxylic acid groups (broad SMARTS) is 1. The number of hydrogen-bond donors (Lipinski definition) is 2. The number of nitrogens with one attached hydrogen (secondary N) is 1. The molecule has 118 valence electrons. The van der Waals surface area contributed by atoms with E-state index in [1.54, 1.807) is 6.92 Å². The van der Waals surface area contributed by atoms with Gasteiger partial charge in [0.2, 0.25) is 0 Å². The van der Waals surface area contributed by atoms with Crippen molar-refractivity contribution in [1.29, 1.82) is 0 Å². The smallest absolute Gasteiger partial charge is 0.407 e. The average Bonchev–Trinajstić information content (AvgIpc) is 2.38. The molecule has 5 heteroatoms. The third-order valence-corrected chi connectivity index (χ3v) is 2.41. The maximum absolute atomic E-state index is 10.5. The van der Waals surface area contributed by atoms with Crippen LogP contribution in [0.5, 0.6) is 0 Å². The standard InChI is InChI=1S/C10H12O2.C6H13NO2/c1-8(10(11)12)7-9-5-3-2-4-6-9;1-6(2,3)9-5(8)7-4/h2-6,8H,7H2,1H3,(H,11,12);1-4H3,(H,7,8). The number of hydrogen-bond acceptors (Lipinski definition) is 3. The van der Waals surface area contributed by atoms with Crippen molar-refractivity contribution in [2.75, 3.05) is 7.05 Å². The minimum atomic E-state index is -0.737. The Morgan fingerprint density at radius 2 is 1.76 bits per heavy atom. The fraction of sp³-hybridized carbons (Fsp3) is 0.500. The molecule has 0 spiro atoms. The quantitative estimate of drug-likeness (QED) is 0.898. The van der Waals surface area contributed by atoms with Gasteiger partial charge in [0.1, 0.15) is 5.60 Å². The second-order valence-electron chi connectivity index (χ2n) is 5.68. The van der Waals surface area contributed by atoms with E-state index in [4.69, 9.17) is 9.84 Å². The van der Waals surface area contributed by atoms with Gasteiger partial charge in [0, 0.05) is 7.05 Å². The van der Waals surface area contributed by atoms with Gasteiger partial charge in [0.05, 0.1) is 5.92 Å². The van der Waals surface area contributed by atoms with E-state index in [1.807, 2.05) is 51.1 Å².